The Morgan fingerprint density at radius 3 is 1.18 bits per heavy atom. The second kappa shape index (κ2) is 63.0. The maximum Gasteiger partial charge on any atom is 0 e. The molecule has 0 saturated heterocycles. The van der Waals surface area contributed by atoms with Crippen LogP contribution in [0, 0.1) is 20.4 Å². The van der Waals surface area contributed by atoms with Crippen molar-refractivity contribution in [3.8, 4) is 0 Å². The minimum atomic E-state index is 0. The van der Waals surface area contributed by atoms with Crippen LogP contribution >= 0.6 is 0 Å². The van der Waals surface area contributed by atoms with E-state index >= 15 is 0 Å². The molecular weight excluding hydrogens is 263 g/mol. The van der Waals surface area contributed by atoms with Crippen LogP contribution in [0.15, 0.2) is 24.3 Å². The summed E-state index contributed by atoms with van der Waals surface area (Å²) in [5, 5.41) is 0. The SMILES string of the molecule is Cc1cc[c-]cc1.[CH-]=O.[CH-]=O.[CH-]=O.[CH-]=O.[CH3-].[Mn]. The van der Waals surface area contributed by atoms with Gasteiger partial charge in [-0.1, -0.05) is 6.92 Å². The summed E-state index contributed by atoms with van der Waals surface area (Å²) in [6.07, 6.45) is 0. The molecule has 1 aromatic rings. The summed E-state index contributed by atoms with van der Waals surface area (Å²) in [7, 11) is 0. The van der Waals surface area contributed by atoms with Crippen LogP contribution in [0.1, 0.15) is 5.56 Å². The molecule has 0 amide bonds. The van der Waals surface area contributed by atoms with Crippen LogP contribution in [0.2, 0.25) is 0 Å². The first-order valence-corrected chi connectivity index (χ1v) is 3.26. The Balaban J connectivity index is -0.0000000266. The van der Waals surface area contributed by atoms with E-state index in [1.165, 1.54) is 5.56 Å². The third-order valence-corrected chi connectivity index (χ3v) is 0.885. The molecule has 1 aromatic carbocycles. The van der Waals surface area contributed by atoms with Gasteiger partial charge in [0, 0.05) is 17.1 Å². The van der Waals surface area contributed by atoms with E-state index in [2.05, 4.69) is 40.1 Å². The Bertz CT molecular complexity index is 187. The molecule has 0 saturated carbocycles. The summed E-state index contributed by atoms with van der Waals surface area (Å²) in [5.41, 5.74) is 1.29. The van der Waals surface area contributed by atoms with E-state index in [1.54, 1.807) is 0 Å². The van der Waals surface area contributed by atoms with E-state index < -0.39 is 0 Å². The maximum absolute atomic E-state index is 7.75. The van der Waals surface area contributed by atoms with Crippen molar-refractivity contribution in [1.29, 1.82) is 0 Å². The van der Waals surface area contributed by atoms with Crippen molar-refractivity contribution >= 4 is 27.2 Å². The van der Waals surface area contributed by atoms with Gasteiger partial charge in [0.1, 0.15) is 0 Å². The Morgan fingerprint density at radius 2 is 1.06 bits per heavy atom. The Morgan fingerprint density at radius 1 is 0.824 bits per heavy atom. The van der Waals surface area contributed by atoms with Gasteiger partial charge in [-0.2, -0.15) is 35.9 Å². The van der Waals surface area contributed by atoms with Crippen molar-refractivity contribution in [2.45, 2.75) is 6.92 Å². The average molecular weight is 277 g/mol. The Labute approximate surface area is 114 Å². The Kier molecular flexibility index (Phi) is 134. The van der Waals surface area contributed by atoms with Gasteiger partial charge < -0.3 is 26.6 Å². The summed E-state index contributed by atoms with van der Waals surface area (Å²) in [6.45, 7) is 15.1. The molecule has 0 unspecified atom stereocenters. The van der Waals surface area contributed by atoms with Gasteiger partial charge in [0.15, 0.2) is 0 Å². The van der Waals surface area contributed by atoms with Gasteiger partial charge in [-0.3, -0.25) is 27.2 Å². The first-order valence-electron chi connectivity index (χ1n) is 3.26. The zero-order valence-electron chi connectivity index (χ0n) is 9.63. The van der Waals surface area contributed by atoms with Crippen molar-refractivity contribution in [1.82, 2.24) is 0 Å². The van der Waals surface area contributed by atoms with Gasteiger partial charge in [0.2, 0.25) is 0 Å². The van der Waals surface area contributed by atoms with E-state index in [1.807, 2.05) is 24.3 Å². The maximum atomic E-state index is 7.75. The third kappa shape index (κ3) is 54.0. The van der Waals surface area contributed by atoms with E-state index in [-0.39, 0.29) is 24.5 Å². The fourth-order valence-corrected chi connectivity index (χ4v) is 0.470. The summed E-state index contributed by atoms with van der Waals surface area (Å²) in [6, 6.07) is 10.8. The zero-order valence-corrected chi connectivity index (χ0v) is 10.8. The van der Waals surface area contributed by atoms with Crippen LogP contribution in [-0.4, -0.2) is 27.2 Å². The second-order valence-electron chi connectivity index (χ2n) is 1.58. The van der Waals surface area contributed by atoms with E-state index in [4.69, 9.17) is 19.2 Å². The fourth-order valence-electron chi connectivity index (χ4n) is 0.470. The number of carbonyl (C=O) groups excluding carboxylic acids is 4. The summed E-state index contributed by atoms with van der Waals surface area (Å²) < 4.78 is 0. The predicted octanol–water partition coefficient (Wildman–Crippen LogP) is 1.15. The summed E-state index contributed by atoms with van der Waals surface area (Å²) >= 11 is 0. The molecule has 0 heterocycles. The molecule has 0 N–H and O–H groups in total. The van der Waals surface area contributed by atoms with Crippen molar-refractivity contribution < 1.29 is 36.2 Å². The molecule has 0 aliphatic rings. The molecule has 4 nitrogen and oxygen atoms in total. The number of hydrogen-bond acceptors (Lipinski definition) is 4. The van der Waals surface area contributed by atoms with E-state index in [0.29, 0.717) is 0 Å². The Hall–Kier alpha value is -1.58. The van der Waals surface area contributed by atoms with Crippen molar-refractivity contribution in [2.24, 2.45) is 0 Å². The van der Waals surface area contributed by atoms with Crippen LogP contribution in [-0.2, 0) is 36.2 Å². The largest absolute Gasteiger partial charge is 0.545 e. The number of hydrogen-bond donors (Lipinski definition) is 0. The first-order chi connectivity index (χ1) is 7.39. The van der Waals surface area contributed by atoms with Crippen molar-refractivity contribution in [2.75, 3.05) is 0 Å². The minimum absolute atomic E-state index is 0. The molecule has 0 spiro atoms. The van der Waals surface area contributed by atoms with Crippen molar-refractivity contribution in [3.63, 3.8) is 0 Å². The molecule has 99 valence electrons. The molecule has 1 rings (SSSR count). The molecule has 5 heteroatoms. The molecule has 0 bridgehead atoms. The summed E-state index contributed by atoms with van der Waals surface area (Å²) in [5.74, 6) is 0. The van der Waals surface area contributed by atoms with Gasteiger partial charge in [0.05, 0.1) is 0 Å². The van der Waals surface area contributed by atoms with Crippen LogP contribution in [0.3, 0.4) is 0 Å². The van der Waals surface area contributed by atoms with Gasteiger partial charge in [-0.25, -0.2) is 0 Å². The van der Waals surface area contributed by atoms with Crippen LogP contribution in [0.4, 0.5) is 0 Å². The standard InChI is InChI=1S/C7H7.4CHO.CH3.Mn/c1-7-5-3-2-4-6-7;4*1-2;;/h3-6H,1H3;4*1H;1H3;/q6*-1;. The number of aryl methyl sites for hydroxylation is 1. The molecule has 0 aliphatic carbocycles. The molecule has 0 atom stereocenters. The fraction of sp³-hybridized carbons (Fsp3) is 0.0833. The van der Waals surface area contributed by atoms with Gasteiger partial charge in [0.25, 0.3) is 0 Å². The van der Waals surface area contributed by atoms with E-state index in [0.717, 1.165) is 0 Å². The second-order valence-corrected chi connectivity index (χ2v) is 1.58. The topological polar surface area (TPSA) is 68.3 Å². The quantitative estimate of drug-likeness (QED) is 0.405. The number of benzene rings is 1. The van der Waals surface area contributed by atoms with Crippen LogP contribution in [0.25, 0.3) is 0 Å². The first kappa shape index (κ1) is 36.1. The third-order valence-electron chi connectivity index (χ3n) is 0.885. The summed E-state index contributed by atoms with van der Waals surface area (Å²) in [4.78, 5) is 31.0. The molecule has 0 aliphatic heterocycles. The average Bonchev–Trinajstić information content (AvgIpc) is 2.40. The molecule has 1 radical (unpaired) electrons. The molecule has 0 aromatic heterocycles. The minimum Gasteiger partial charge on any atom is -0.545 e. The number of rotatable bonds is 0. The van der Waals surface area contributed by atoms with Gasteiger partial charge >= 0.3 is 0 Å². The van der Waals surface area contributed by atoms with Crippen molar-refractivity contribution in [3.05, 3.63) is 43.3 Å². The van der Waals surface area contributed by atoms with Crippen LogP contribution < -0.4 is 0 Å². The van der Waals surface area contributed by atoms with Gasteiger partial charge in [-0.05, 0) is 0 Å². The predicted molar refractivity (Wildman–Crippen MR) is 63.4 cm³/mol. The van der Waals surface area contributed by atoms with Crippen LogP contribution in [0.5, 0.6) is 0 Å². The molecule has 0 fully saturated rings. The smallest absolute Gasteiger partial charge is 0 e. The van der Waals surface area contributed by atoms with E-state index in [9.17, 15) is 0 Å². The normalized spacial score (nSPS) is 4.53. The molecule has 17 heavy (non-hydrogen) atoms. The van der Waals surface area contributed by atoms with Gasteiger partial charge in [-0.15, -0.1) is 0 Å². The zero-order chi connectivity index (χ0) is 13.1. The monoisotopic (exact) mass is 277 g/mol. The molecular formula is C12H14MnO4-6.